The Hall–Kier alpha value is -2.37. The van der Waals surface area contributed by atoms with E-state index in [1.807, 2.05) is 0 Å². The summed E-state index contributed by atoms with van der Waals surface area (Å²) in [5.74, 6) is 0. The third-order valence-electron chi connectivity index (χ3n) is 2.28. The van der Waals surface area contributed by atoms with Crippen LogP contribution >= 0.6 is 0 Å². The summed E-state index contributed by atoms with van der Waals surface area (Å²) >= 11 is 0. The molecule has 0 heterocycles. The first-order valence-corrected chi connectivity index (χ1v) is 5.56. The quantitative estimate of drug-likeness (QED) is 0.411. The molecule has 1 aromatic carbocycles. The van der Waals surface area contributed by atoms with Crippen LogP contribution < -0.4 is 10.6 Å². The van der Waals surface area contributed by atoms with Gasteiger partial charge in [-0.3, -0.25) is 10.1 Å². The maximum atomic E-state index is 11.0. The lowest BCUT2D eigenvalue weighted by Gasteiger charge is -2.10. The fourth-order valence-corrected chi connectivity index (χ4v) is 1.54. The normalized spacial score (nSPS) is 9.74. The standard InChI is InChI=1S/C11H14N4O4/c12-7-8-5-9(13-1-3-16)6-10(14-2-4-17)11(8)15(18)19/h5-6,13-14,16-17H,1-4H2. The molecule has 8 heteroatoms. The highest BCUT2D eigenvalue weighted by atomic mass is 16.6. The van der Waals surface area contributed by atoms with Crippen molar-refractivity contribution in [1.29, 1.82) is 5.26 Å². The zero-order valence-electron chi connectivity index (χ0n) is 10.1. The Morgan fingerprint density at radius 2 is 1.89 bits per heavy atom. The summed E-state index contributed by atoms with van der Waals surface area (Å²) in [7, 11) is 0. The van der Waals surface area contributed by atoms with E-state index in [9.17, 15) is 10.1 Å². The van der Waals surface area contributed by atoms with Crippen LogP contribution in [-0.2, 0) is 0 Å². The molecule has 0 bridgehead atoms. The van der Waals surface area contributed by atoms with Crippen LogP contribution in [0.1, 0.15) is 5.56 Å². The summed E-state index contributed by atoms with van der Waals surface area (Å²) in [5, 5.41) is 42.9. The molecule has 0 aliphatic rings. The Bertz CT molecular complexity index is 498. The van der Waals surface area contributed by atoms with Gasteiger partial charge in [-0.2, -0.15) is 5.26 Å². The van der Waals surface area contributed by atoms with Crippen molar-refractivity contribution in [2.45, 2.75) is 0 Å². The lowest BCUT2D eigenvalue weighted by molar-refractivity contribution is -0.384. The number of nitrogens with zero attached hydrogens (tertiary/aromatic N) is 2. The summed E-state index contributed by atoms with van der Waals surface area (Å²) in [6.07, 6.45) is 0. The predicted octanol–water partition coefficient (Wildman–Crippen LogP) is 0.275. The zero-order valence-corrected chi connectivity index (χ0v) is 10.1. The summed E-state index contributed by atoms with van der Waals surface area (Å²) in [5.41, 5.74) is 0.217. The number of hydrogen-bond acceptors (Lipinski definition) is 7. The number of aliphatic hydroxyl groups is 2. The van der Waals surface area contributed by atoms with E-state index in [0.717, 1.165) is 0 Å². The number of hydrogen-bond donors (Lipinski definition) is 4. The molecule has 8 nitrogen and oxygen atoms in total. The highest BCUT2D eigenvalue weighted by molar-refractivity contribution is 5.74. The van der Waals surface area contributed by atoms with E-state index >= 15 is 0 Å². The molecular weight excluding hydrogens is 252 g/mol. The smallest absolute Gasteiger partial charge is 0.310 e. The van der Waals surface area contributed by atoms with Crippen LogP contribution in [0.3, 0.4) is 0 Å². The summed E-state index contributed by atoms with van der Waals surface area (Å²) in [6, 6.07) is 4.57. The molecule has 1 aromatic rings. The lowest BCUT2D eigenvalue weighted by Crippen LogP contribution is -2.10. The molecule has 0 aliphatic carbocycles. The second-order valence-corrected chi connectivity index (χ2v) is 3.59. The van der Waals surface area contributed by atoms with Gasteiger partial charge >= 0.3 is 5.69 Å². The second-order valence-electron chi connectivity index (χ2n) is 3.59. The van der Waals surface area contributed by atoms with Crippen molar-refractivity contribution in [3.05, 3.63) is 27.8 Å². The molecule has 0 amide bonds. The van der Waals surface area contributed by atoms with E-state index in [4.69, 9.17) is 15.5 Å². The molecule has 0 radical (unpaired) electrons. The van der Waals surface area contributed by atoms with Crippen molar-refractivity contribution in [2.75, 3.05) is 36.9 Å². The molecular formula is C11H14N4O4. The van der Waals surface area contributed by atoms with Crippen LogP contribution in [0, 0.1) is 21.4 Å². The molecule has 0 spiro atoms. The maximum absolute atomic E-state index is 11.0. The van der Waals surface area contributed by atoms with Gasteiger partial charge in [-0.25, -0.2) is 0 Å². The maximum Gasteiger partial charge on any atom is 0.310 e. The molecule has 0 fully saturated rings. The van der Waals surface area contributed by atoms with Gasteiger partial charge < -0.3 is 20.8 Å². The van der Waals surface area contributed by atoms with Gasteiger partial charge in [0, 0.05) is 18.8 Å². The van der Waals surface area contributed by atoms with Gasteiger partial charge in [0.05, 0.1) is 18.1 Å². The lowest BCUT2D eigenvalue weighted by atomic mass is 10.1. The highest BCUT2D eigenvalue weighted by Crippen LogP contribution is 2.32. The largest absolute Gasteiger partial charge is 0.395 e. The van der Waals surface area contributed by atoms with Crippen molar-refractivity contribution >= 4 is 17.1 Å². The number of aliphatic hydroxyl groups excluding tert-OH is 2. The molecule has 0 atom stereocenters. The summed E-state index contributed by atoms with van der Waals surface area (Å²) in [4.78, 5) is 10.3. The van der Waals surface area contributed by atoms with Crippen molar-refractivity contribution in [3.63, 3.8) is 0 Å². The van der Waals surface area contributed by atoms with Crippen molar-refractivity contribution in [1.82, 2.24) is 0 Å². The minimum atomic E-state index is -0.645. The number of benzene rings is 1. The monoisotopic (exact) mass is 266 g/mol. The first-order chi connectivity index (χ1) is 9.13. The van der Waals surface area contributed by atoms with E-state index in [1.54, 1.807) is 6.07 Å². The Kier molecular flexibility index (Phi) is 5.53. The first kappa shape index (κ1) is 14.7. The van der Waals surface area contributed by atoms with E-state index in [1.165, 1.54) is 12.1 Å². The fraction of sp³-hybridized carbons (Fsp3) is 0.364. The predicted molar refractivity (Wildman–Crippen MR) is 69.0 cm³/mol. The minimum absolute atomic E-state index is 0.0895. The molecule has 102 valence electrons. The van der Waals surface area contributed by atoms with Crippen molar-refractivity contribution in [3.8, 4) is 6.07 Å². The van der Waals surface area contributed by atoms with E-state index < -0.39 is 4.92 Å². The number of anilines is 2. The summed E-state index contributed by atoms with van der Waals surface area (Å²) < 4.78 is 0. The van der Waals surface area contributed by atoms with Crippen LogP contribution in [-0.4, -0.2) is 41.4 Å². The van der Waals surface area contributed by atoms with E-state index in [0.29, 0.717) is 5.69 Å². The molecule has 0 saturated heterocycles. The summed E-state index contributed by atoms with van der Waals surface area (Å²) in [6.45, 7) is 0.114. The number of nitro groups is 1. The van der Waals surface area contributed by atoms with E-state index in [-0.39, 0.29) is 43.2 Å². The average Bonchev–Trinajstić information content (AvgIpc) is 2.41. The van der Waals surface area contributed by atoms with Crippen LogP contribution in [0.4, 0.5) is 17.1 Å². The molecule has 0 aliphatic heterocycles. The Morgan fingerprint density at radius 3 is 2.42 bits per heavy atom. The van der Waals surface area contributed by atoms with Gasteiger partial charge in [0.1, 0.15) is 17.3 Å². The third-order valence-corrected chi connectivity index (χ3v) is 2.28. The Balaban J connectivity index is 3.21. The fourth-order valence-electron chi connectivity index (χ4n) is 1.54. The first-order valence-electron chi connectivity index (χ1n) is 5.56. The molecule has 0 saturated carbocycles. The number of rotatable bonds is 7. The molecule has 0 unspecified atom stereocenters. The van der Waals surface area contributed by atoms with Crippen LogP contribution in [0.25, 0.3) is 0 Å². The van der Waals surface area contributed by atoms with Gasteiger partial charge in [0.25, 0.3) is 0 Å². The zero-order chi connectivity index (χ0) is 14.3. The van der Waals surface area contributed by atoms with Crippen LogP contribution in [0.15, 0.2) is 12.1 Å². The van der Waals surface area contributed by atoms with Gasteiger partial charge in [-0.1, -0.05) is 0 Å². The van der Waals surface area contributed by atoms with Gasteiger partial charge in [-0.05, 0) is 12.1 Å². The van der Waals surface area contributed by atoms with Crippen LogP contribution in [0.2, 0.25) is 0 Å². The topological polar surface area (TPSA) is 131 Å². The second kappa shape index (κ2) is 7.15. The van der Waals surface area contributed by atoms with Gasteiger partial charge in [0.15, 0.2) is 0 Å². The third kappa shape index (κ3) is 3.80. The minimum Gasteiger partial charge on any atom is -0.395 e. The Labute approximate surface area is 109 Å². The van der Waals surface area contributed by atoms with Gasteiger partial charge in [-0.15, -0.1) is 0 Å². The highest BCUT2D eigenvalue weighted by Gasteiger charge is 2.21. The van der Waals surface area contributed by atoms with Crippen molar-refractivity contribution in [2.24, 2.45) is 0 Å². The Morgan fingerprint density at radius 1 is 1.26 bits per heavy atom. The number of nitriles is 1. The molecule has 4 N–H and O–H groups in total. The number of nitrogens with one attached hydrogen (secondary N) is 2. The SMILES string of the molecule is N#Cc1cc(NCCO)cc(NCCO)c1[N+](=O)[O-]. The number of nitro benzene ring substituents is 1. The van der Waals surface area contributed by atoms with Crippen LogP contribution in [0.5, 0.6) is 0 Å². The van der Waals surface area contributed by atoms with Gasteiger partial charge in [0.2, 0.25) is 0 Å². The molecule has 1 rings (SSSR count). The van der Waals surface area contributed by atoms with Crippen molar-refractivity contribution < 1.29 is 15.1 Å². The average molecular weight is 266 g/mol. The molecule has 0 aromatic heterocycles. The molecule has 19 heavy (non-hydrogen) atoms. The van der Waals surface area contributed by atoms with E-state index in [2.05, 4.69) is 10.6 Å².